The molecule has 1 rings (SSSR count). The molecule has 54 valence electrons. The molecule has 10 heavy (non-hydrogen) atoms. The average Bonchev–Trinajstić information content (AvgIpc) is 2.08. The molecule has 0 aliphatic carbocycles. The Morgan fingerprint density at radius 3 is 2.50 bits per heavy atom. The summed E-state index contributed by atoms with van der Waals surface area (Å²) in [6.45, 7) is 3.30. The summed E-state index contributed by atoms with van der Waals surface area (Å²) in [6, 6.07) is 0. The predicted molar refractivity (Wildman–Crippen MR) is 34.0 cm³/mol. The minimum atomic E-state index is -0.747. The topological polar surface area (TPSA) is 67.9 Å². The van der Waals surface area contributed by atoms with Crippen LogP contribution in [0.5, 0.6) is 0 Å². The molecule has 0 aromatic carbocycles. The Kier molecular flexibility index (Phi) is 1.28. The Morgan fingerprint density at radius 2 is 2.30 bits per heavy atom. The van der Waals surface area contributed by atoms with Crippen molar-refractivity contribution < 1.29 is 4.92 Å². The first kappa shape index (κ1) is 6.85. The fourth-order valence-electron chi connectivity index (χ4n) is 0.708. The highest BCUT2D eigenvalue weighted by Gasteiger charge is 2.36. The Labute approximate surface area is 57.6 Å². The van der Waals surface area contributed by atoms with Crippen molar-refractivity contribution in [2.24, 2.45) is 10.2 Å². The first-order valence-corrected chi connectivity index (χ1v) is 2.81. The molecule has 0 unspecified atom stereocenters. The molecule has 0 amide bonds. The zero-order chi connectivity index (χ0) is 7.78. The first-order valence-electron chi connectivity index (χ1n) is 2.81. The molecule has 5 heteroatoms. The molecule has 1 heterocycles. The Hall–Kier alpha value is -1.26. The quantitative estimate of drug-likeness (QED) is 0.408. The van der Waals surface area contributed by atoms with E-state index in [1.165, 1.54) is 6.20 Å². The van der Waals surface area contributed by atoms with E-state index in [0.717, 1.165) is 0 Å². The summed E-state index contributed by atoms with van der Waals surface area (Å²) in [5, 5.41) is 17.4. The van der Waals surface area contributed by atoms with Gasteiger partial charge in [0.25, 0.3) is 5.70 Å². The number of hydrogen-bond acceptors (Lipinski definition) is 4. The van der Waals surface area contributed by atoms with Gasteiger partial charge in [-0.1, -0.05) is 0 Å². The van der Waals surface area contributed by atoms with Crippen LogP contribution in [0.25, 0.3) is 0 Å². The van der Waals surface area contributed by atoms with E-state index >= 15 is 0 Å². The molecular weight excluding hydrogens is 134 g/mol. The van der Waals surface area contributed by atoms with Crippen LogP contribution in [0.3, 0.4) is 0 Å². The van der Waals surface area contributed by atoms with Crippen LogP contribution in [-0.2, 0) is 0 Å². The smallest absolute Gasteiger partial charge is 0.258 e. The van der Waals surface area contributed by atoms with E-state index in [1.807, 2.05) is 0 Å². The molecule has 1 aliphatic heterocycles. The lowest BCUT2D eigenvalue weighted by Gasteiger charge is -2.07. The van der Waals surface area contributed by atoms with Gasteiger partial charge in [-0.25, -0.2) is 0 Å². The van der Waals surface area contributed by atoms with Gasteiger partial charge < -0.3 is 0 Å². The second-order valence-corrected chi connectivity index (χ2v) is 2.55. The minimum Gasteiger partial charge on any atom is -0.258 e. The number of nitro groups is 1. The second kappa shape index (κ2) is 1.86. The van der Waals surface area contributed by atoms with Crippen molar-refractivity contribution in [3.63, 3.8) is 0 Å². The van der Waals surface area contributed by atoms with Gasteiger partial charge in [-0.15, -0.1) is 0 Å². The zero-order valence-corrected chi connectivity index (χ0v) is 5.74. The van der Waals surface area contributed by atoms with Gasteiger partial charge >= 0.3 is 0 Å². The molecule has 0 saturated heterocycles. The lowest BCUT2D eigenvalue weighted by molar-refractivity contribution is -0.433. The highest BCUT2D eigenvalue weighted by molar-refractivity contribution is 5.12. The minimum absolute atomic E-state index is 0.0486. The van der Waals surface area contributed by atoms with Gasteiger partial charge in [0.2, 0.25) is 0 Å². The normalized spacial score (nSPS) is 20.8. The van der Waals surface area contributed by atoms with Gasteiger partial charge in [-0.2, -0.15) is 10.2 Å². The number of rotatable bonds is 1. The molecule has 0 radical (unpaired) electrons. The standard InChI is InChI=1S/C5H7N3O2/c1-5(2)4(8(9)10)3-6-7-5/h3H,1-2H3. The van der Waals surface area contributed by atoms with Gasteiger partial charge in [0, 0.05) is 0 Å². The van der Waals surface area contributed by atoms with Crippen molar-refractivity contribution in [2.45, 2.75) is 19.4 Å². The molecule has 0 N–H and O–H groups in total. The SMILES string of the molecule is CC1(C)N=NC=C1[N+](=O)[O-]. The third kappa shape index (κ3) is 0.896. The molecule has 0 spiro atoms. The third-order valence-corrected chi connectivity index (χ3v) is 1.31. The lowest BCUT2D eigenvalue weighted by Crippen LogP contribution is -2.22. The fraction of sp³-hybridized carbons (Fsp3) is 0.600. The van der Waals surface area contributed by atoms with Crippen molar-refractivity contribution >= 4 is 0 Å². The van der Waals surface area contributed by atoms with E-state index < -0.39 is 10.5 Å². The average molecular weight is 141 g/mol. The predicted octanol–water partition coefficient (Wildman–Crippen LogP) is 1.35. The van der Waals surface area contributed by atoms with Crippen LogP contribution in [0, 0.1) is 10.1 Å². The number of hydrogen-bond donors (Lipinski definition) is 0. The first-order chi connectivity index (χ1) is 4.54. The number of nitrogens with zero attached hydrogens (tertiary/aromatic N) is 3. The molecule has 0 saturated carbocycles. The van der Waals surface area contributed by atoms with Gasteiger partial charge in [0.15, 0.2) is 5.54 Å². The van der Waals surface area contributed by atoms with E-state index in [-0.39, 0.29) is 5.70 Å². The van der Waals surface area contributed by atoms with E-state index in [4.69, 9.17) is 0 Å². The Morgan fingerprint density at radius 1 is 1.70 bits per heavy atom. The summed E-state index contributed by atoms with van der Waals surface area (Å²) in [4.78, 5) is 9.78. The van der Waals surface area contributed by atoms with Crippen LogP contribution in [-0.4, -0.2) is 10.5 Å². The maximum atomic E-state index is 10.2. The van der Waals surface area contributed by atoms with Crippen molar-refractivity contribution in [1.29, 1.82) is 0 Å². The summed E-state index contributed by atoms with van der Waals surface area (Å²) in [7, 11) is 0. The molecule has 0 aromatic heterocycles. The van der Waals surface area contributed by atoms with E-state index in [0.29, 0.717) is 0 Å². The van der Waals surface area contributed by atoms with Crippen LogP contribution >= 0.6 is 0 Å². The Balaban J connectivity index is 2.93. The summed E-state index contributed by atoms with van der Waals surface area (Å²) >= 11 is 0. The maximum Gasteiger partial charge on any atom is 0.294 e. The third-order valence-electron chi connectivity index (χ3n) is 1.31. The molecule has 0 aromatic rings. The monoisotopic (exact) mass is 141 g/mol. The van der Waals surface area contributed by atoms with Crippen LogP contribution in [0.1, 0.15) is 13.8 Å². The van der Waals surface area contributed by atoms with Crippen molar-refractivity contribution in [3.05, 3.63) is 22.0 Å². The van der Waals surface area contributed by atoms with Crippen molar-refractivity contribution in [2.75, 3.05) is 0 Å². The highest BCUT2D eigenvalue weighted by atomic mass is 16.6. The van der Waals surface area contributed by atoms with E-state index in [2.05, 4.69) is 10.2 Å². The summed E-state index contributed by atoms with van der Waals surface area (Å²) in [5.74, 6) is 0. The van der Waals surface area contributed by atoms with Crippen LogP contribution in [0.4, 0.5) is 0 Å². The van der Waals surface area contributed by atoms with Crippen LogP contribution in [0.15, 0.2) is 22.1 Å². The zero-order valence-electron chi connectivity index (χ0n) is 5.74. The second-order valence-electron chi connectivity index (χ2n) is 2.55. The molecule has 0 atom stereocenters. The van der Waals surface area contributed by atoms with Gasteiger partial charge in [-0.3, -0.25) is 10.1 Å². The van der Waals surface area contributed by atoms with Gasteiger partial charge in [-0.05, 0) is 13.8 Å². The molecule has 5 nitrogen and oxygen atoms in total. The van der Waals surface area contributed by atoms with Gasteiger partial charge in [0.1, 0.15) is 6.20 Å². The largest absolute Gasteiger partial charge is 0.294 e. The fourth-order valence-corrected chi connectivity index (χ4v) is 0.708. The summed E-state index contributed by atoms with van der Waals surface area (Å²) in [5.41, 5.74) is -0.698. The Bertz CT molecular complexity index is 229. The van der Waals surface area contributed by atoms with Crippen molar-refractivity contribution in [3.8, 4) is 0 Å². The lowest BCUT2D eigenvalue weighted by atomic mass is 10.0. The summed E-state index contributed by atoms with van der Waals surface area (Å²) in [6.07, 6.45) is 1.18. The molecule has 0 fully saturated rings. The van der Waals surface area contributed by atoms with Gasteiger partial charge in [0.05, 0.1) is 4.92 Å². The van der Waals surface area contributed by atoms with Crippen LogP contribution in [0.2, 0.25) is 0 Å². The van der Waals surface area contributed by atoms with Crippen LogP contribution < -0.4 is 0 Å². The molecule has 1 aliphatic rings. The summed E-state index contributed by atoms with van der Waals surface area (Å²) < 4.78 is 0. The van der Waals surface area contributed by atoms with E-state index in [1.54, 1.807) is 13.8 Å². The van der Waals surface area contributed by atoms with Crippen molar-refractivity contribution in [1.82, 2.24) is 0 Å². The molecule has 0 bridgehead atoms. The highest BCUT2D eigenvalue weighted by Crippen LogP contribution is 2.26. The maximum absolute atomic E-state index is 10.2. The number of azo groups is 1. The molecular formula is C5H7N3O2. The van der Waals surface area contributed by atoms with E-state index in [9.17, 15) is 10.1 Å².